The second-order valence-corrected chi connectivity index (χ2v) is 6.47. The Morgan fingerprint density at radius 1 is 1.33 bits per heavy atom. The molecule has 2 aromatic heterocycles. The first-order valence-electron chi connectivity index (χ1n) is 6.07. The van der Waals surface area contributed by atoms with Crippen molar-refractivity contribution >= 4 is 28.5 Å². The topological polar surface area (TPSA) is 26.3 Å². The Bertz CT molecular complexity index is 557. The molecular formula is C14H14O2S2. The van der Waals surface area contributed by atoms with Gasteiger partial charge in [0.1, 0.15) is 10.6 Å². The van der Waals surface area contributed by atoms with Gasteiger partial charge in [-0.15, -0.1) is 22.7 Å². The highest BCUT2D eigenvalue weighted by molar-refractivity contribution is 7.17. The van der Waals surface area contributed by atoms with Gasteiger partial charge >= 0.3 is 0 Å². The second-order valence-electron chi connectivity index (χ2n) is 4.41. The zero-order valence-electron chi connectivity index (χ0n) is 10.2. The smallest absolute Gasteiger partial charge is 0.216 e. The monoisotopic (exact) mass is 278 g/mol. The summed E-state index contributed by atoms with van der Waals surface area (Å²) in [6, 6.07) is 3.94. The van der Waals surface area contributed by atoms with Crippen molar-refractivity contribution in [3.05, 3.63) is 37.7 Å². The average molecular weight is 278 g/mol. The predicted octanol–water partition coefficient (Wildman–Crippen LogP) is 3.93. The molecule has 0 unspecified atom stereocenters. The molecule has 2 nitrogen and oxygen atoms in total. The first-order valence-corrected chi connectivity index (χ1v) is 7.77. The number of fused-ring (bicyclic) bond motifs is 1. The molecule has 0 aliphatic heterocycles. The van der Waals surface area contributed by atoms with Crippen molar-refractivity contribution in [3.63, 3.8) is 0 Å². The van der Waals surface area contributed by atoms with E-state index in [4.69, 9.17) is 4.74 Å². The largest absolute Gasteiger partial charge is 0.495 e. The zero-order chi connectivity index (χ0) is 12.5. The molecule has 1 aliphatic carbocycles. The van der Waals surface area contributed by atoms with Gasteiger partial charge < -0.3 is 4.74 Å². The van der Waals surface area contributed by atoms with Crippen LogP contribution in [0.4, 0.5) is 0 Å². The number of ketones is 1. The molecule has 0 saturated heterocycles. The number of carbonyl (C=O) groups excluding carboxylic acids is 1. The second kappa shape index (κ2) is 4.86. The van der Waals surface area contributed by atoms with Crippen LogP contribution in [0.3, 0.4) is 0 Å². The van der Waals surface area contributed by atoms with Crippen LogP contribution in [0.5, 0.6) is 5.75 Å². The molecule has 2 aromatic rings. The van der Waals surface area contributed by atoms with Crippen LogP contribution in [0.1, 0.15) is 37.8 Å². The fourth-order valence-electron chi connectivity index (χ4n) is 2.34. The molecule has 0 aromatic carbocycles. The molecule has 18 heavy (non-hydrogen) atoms. The molecule has 94 valence electrons. The Balaban J connectivity index is 1.95. The van der Waals surface area contributed by atoms with E-state index in [9.17, 15) is 4.79 Å². The van der Waals surface area contributed by atoms with Gasteiger partial charge in [0.15, 0.2) is 0 Å². The van der Waals surface area contributed by atoms with Gasteiger partial charge in [-0.25, -0.2) is 0 Å². The maximum absolute atomic E-state index is 12.4. The van der Waals surface area contributed by atoms with E-state index in [-0.39, 0.29) is 5.78 Å². The quantitative estimate of drug-likeness (QED) is 0.795. The Hall–Kier alpha value is -1.13. The Morgan fingerprint density at radius 3 is 2.94 bits per heavy atom. The summed E-state index contributed by atoms with van der Waals surface area (Å²) >= 11 is 3.12. The van der Waals surface area contributed by atoms with Crippen molar-refractivity contribution < 1.29 is 9.53 Å². The summed E-state index contributed by atoms with van der Waals surface area (Å²) in [7, 11) is 1.61. The molecule has 0 bridgehead atoms. The molecule has 0 radical (unpaired) electrons. The molecule has 1 aliphatic rings. The van der Waals surface area contributed by atoms with E-state index in [1.807, 2.05) is 11.4 Å². The highest BCUT2D eigenvalue weighted by Gasteiger charge is 2.21. The number of ether oxygens (including phenoxy) is 1. The minimum Gasteiger partial charge on any atom is -0.495 e. The minimum atomic E-state index is 0.112. The number of hydrogen-bond donors (Lipinski definition) is 0. The minimum absolute atomic E-state index is 0.112. The van der Waals surface area contributed by atoms with E-state index in [0.29, 0.717) is 5.75 Å². The first kappa shape index (κ1) is 11.9. The van der Waals surface area contributed by atoms with Gasteiger partial charge in [-0.1, -0.05) is 0 Å². The molecule has 2 heterocycles. The van der Waals surface area contributed by atoms with Crippen molar-refractivity contribution in [2.24, 2.45) is 0 Å². The highest BCUT2D eigenvalue weighted by Crippen LogP contribution is 2.34. The molecule has 0 fully saturated rings. The van der Waals surface area contributed by atoms with Crippen molar-refractivity contribution in [2.75, 3.05) is 7.11 Å². The third-order valence-corrected chi connectivity index (χ3v) is 5.41. The average Bonchev–Trinajstić information content (AvgIpc) is 3.03. The summed E-state index contributed by atoms with van der Waals surface area (Å²) in [5.41, 5.74) is 1.38. The zero-order valence-corrected chi connectivity index (χ0v) is 11.8. The molecule has 0 N–H and O–H groups in total. The molecular weight excluding hydrogens is 264 g/mol. The maximum atomic E-state index is 12.4. The van der Waals surface area contributed by atoms with Gasteiger partial charge in [0.25, 0.3) is 0 Å². The summed E-state index contributed by atoms with van der Waals surface area (Å²) in [4.78, 5) is 15.4. The van der Waals surface area contributed by atoms with Crippen LogP contribution in [0.2, 0.25) is 0 Å². The normalized spacial score (nSPS) is 14.3. The highest BCUT2D eigenvalue weighted by atomic mass is 32.1. The lowest BCUT2D eigenvalue weighted by Crippen LogP contribution is -1.98. The first-order chi connectivity index (χ1) is 8.79. The molecule has 4 heteroatoms. The number of aryl methyl sites for hydroxylation is 2. The van der Waals surface area contributed by atoms with Gasteiger partial charge in [0.2, 0.25) is 5.78 Å². The standard InChI is InChI=1S/C14H14O2S2/c1-16-10-6-7-17-14(10)13(15)12-8-9-4-2-3-5-11(9)18-12/h6-8H,2-5H2,1H3. The Morgan fingerprint density at radius 2 is 2.17 bits per heavy atom. The van der Waals surface area contributed by atoms with Crippen molar-refractivity contribution in [2.45, 2.75) is 25.7 Å². The van der Waals surface area contributed by atoms with Gasteiger partial charge in [-0.2, -0.15) is 0 Å². The predicted molar refractivity (Wildman–Crippen MR) is 75.3 cm³/mol. The number of hydrogen-bond acceptors (Lipinski definition) is 4. The lowest BCUT2D eigenvalue weighted by molar-refractivity contribution is 0.104. The van der Waals surface area contributed by atoms with Crippen LogP contribution in [0, 0.1) is 0 Å². The molecule has 0 spiro atoms. The third-order valence-electron chi connectivity index (χ3n) is 3.28. The van der Waals surface area contributed by atoms with E-state index in [2.05, 4.69) is 6.07 Å². The lowest BCUT2D eigenvalue weighted by Gasteiger charge is -2.08. The van der Waals surface area contributed by atoms with E-state index in [1.54, 1.807) is 18.4 Å². The van der Waals surface area contributed by atoms with E-state index in [1.165, 1.54) is 34.6 Å². The van der Waals surface area contributed by atoms with E-state index >= 15 is 0 Å². The Labute approximate surface area is 114 Å². The molecule has 3 rings (SSSR count). The van der Waals surface area contributed by atoms with Crippen molar-refractivity contribution in [1.29, 1.82) is 0 Å². The van der Waals surface area contributed by atoms with Crippen molar-refractivity contribution in [1.82, 2.24) is 0 Å². The van der Waals surface area contributed by atoms with Crippen LogP contribution >= 0.6 is 22.7 Å². The van der Waals surface area contributed by atoms with Crippen molar-refractivity contribution in [3.8, 4) is 5.75 Å². The summed E-state index contributed by atoms with van der Waals surface area (Å²) in [6.07, 6.45) is 4.76. The van der Waals surface area contributed by atoms with Gasteiger partial charge in [0, 0.05) is 4.88 Å². The number of rotatable bonds is 3. The fraction of sp³-hybridized carbons (Fsp3) is 0.357. The fourth-order valence-corrected chi connectivity index (χ4v) is 4.41. The van der Waals surface area contributed by atoms with Crippen LogP contribution in [-0.2, 0) is 12.8 Å². The summed E-state index contributed by atoms with van der Waals surface area (Å²) in [6.45, 7) is 0. The summed E-state index contributed by atoms with van der Waals surface area (Å²) in [5.74, 6) is 0.803. The van der Waals surface area contributed by atoms with E-state index < -0.39 is 0 Å². The van der Waals surface area contributed by atoms with Crippen LogP contribution in [0.15, 0.2) is 17.5 Å². The van der Waals surface area contributed by atoms with Gasteiger partial charge in [-0.05, 0) is 48.8 Å². The van der Waals surface area contributed by atoms with E-state index in [0.717, 1.165) is 22.6 Å². The van der Waals surface area contributed by atoms with Crippen LogP contribution in [-0.4, -0.2) is 12.9 Å². The summed E-state index contributed by atoms with van der Waals surface area (Å²) in [5, 5.41) is 1.90. The molecule has 0 saturated carbocycles. The number of methoxy groups -OCH3 is 1. The van der Waals surface area contributed by atoms with Gasteiger partial charge in [0.05, 0.1) is 12.0 Å². The Kier molecular flexibility index (Phi) is 3.22. The SMILES string of the molecule is COc1ccsc1C(=O)c1cc2c(s1)CCCC2. The maximum Gasteiger partial charge on any atom is 0.216 e. The summed E-state index contributed by atoms with van der Waals surface area (Å²) < 4.78 is 5.22. The van der Waals surface area contributed by atoms with Gasteiger partial charge in [-0.3, -0.25) is 4.79 Å². The molecule has 0 atom stereocenters. The van der Waals surface area contributed by atoms with Crippen LogP contribution in [0.25, 0.3) is 0 Å². The molecule has 0 amide bonds. The third kappa shape index (κ3) is 1.99. The van der Waals surface area contributed by atoms with Crippen LogP contribution < -0.4 is 4.74 Å². The number of carbonyl (C=O) groups is 1. The number of thiophene rings is 2. The lowest BCUT2D eigenvalue weighted by atomic mass is 9.99.